The Morgan fingerprint density at radius 3 is 2.72 bits per heavy atom. The summed E-state index contributed by atoms with van der Waals surface area (Å²) in [6, 6.07) is 10.3. The van der Waals surface area contributed by atoms with Crippen LogP contribution in [0.3, 0.4) is 0 Å². The van der Waals surface area contributed by atoms with Crippen LogP contribution < -0.4 is 4.74 Å². The molecule has 1 heterocycles. The molecule has 0 aliphatic rings. The van der Waals surface area contributed by atoms with Gasteiger partial charge in [0.1, 0.15) is 5.75 Å². The molecule has 0 bridgehead atoms. The van der Waals surface area contributed by atoms with E-state index in [2.05, 4.69) is 50.0 Å². The van der Waals surface area contributed by atoms with Gasteiger partial charge in [0.25, 0.3) is 0 Å². The first kappa shape index (κ1) is 12.6. The highest BCUT2D eigenvalue weighted by Crippen LogP contribution is 2.31. The second-order valence-corrected chi connectivity index (χ2v) is 4.52. The van der Waals surface area contributed by atoms with E-state index in [9.17, 15) is 0 Å². The molecule has 0 amide bonds. The Bertz CT molecular complexity index is 534. The van der Waals surface area contributed by atoms with Crippen LogP contribution >= 0.6 is 0 Å². The number of rotatable bonds is 4. The molecule has 0 atom stereocenters. The normalized spacial score (nSPS) is 10.4. The Labute approximate surface area is 109 Å². The highest BCUT2D eigenvalue weighted by atomic mass is 16.5. The molecule has 1 aromatic heterocycles. The molecule has 0 spiro atoms. The van der Waals surface area contributed by atoms with Crippen LogP contribution in [0.25, 0.3) is 11.3 Å². The van der Waals surface area contributed by atoms with Crippen LogP contribution in [-0.2, 0) is 0 Å². The maximum absolute atomic E-state index is 5.84. The molecule has 94 valence electrons. The zero-order valence-electron chi connectivity index (χ0n) is 11.2. The summed E-state index contributed by atoms with van der Waals surface area (Å²) in [5.41, 5.74) is 4.46. The predicted octanol–water partition coefficient (Wildman–Crippen LogP) is 4.15. The third-order valence-electron chi connectivity index (χ3n) is 2.86. The van der Waals surface area contributed by atoms with E-state index in [1.165, 1.54) is 11.1 Å². The number of ether oxygens (including phenoxy) is 1. The van der Waals surface area contributed by atoms with Crippen molar-refractivity contribution >= 4 is 0 Å². The van der Waals surface area contributed by atoms with E-state index in [1.807, 2.05) is 12.3 Å². The summed E-state index contributed by atoms with van der Waals surface area (Å²) in [7, 11) is 0. The molecule has 0 N–H and O–H groups in total. The molecule has 0 unspecified atom stereocenters. The zero-order chi connectivity index (χ0) is 13.0. The summed E-state index contributed by atoms with van der Waals surface area (Å²) in [6.45, 7) is 7.00. The van der Waals surface area contributed by atoms with Crippen LogP contribution in [0.4, 0.5) is 0 Å². The molecule has 2 heteroatoms. The number of benzene rings is 1. The minimum atomic E-state index is 0.738. The minimum absolute atomic E-state index is 0.738. The highest BCUT2D eigenvalue weighted by molar-refractivity contribution is 5.70. The molecule has 2 aromatic rings. The van der Waals surface area contributed by atoms with Gasteiger partial charge >= 0.3 is 0 Å². The van der Waals surface area contributed by atoms with E-state index in [0.717, 1.165) is 30.0 Å². The standard InChI is InChI=1S/C16H19NO/c1-4-10-18-15-11-12(2)7-8-14(15)16-13(3)6-5-9-17-16/h5-9,11H,4,10H2,1-3H3. The maximum Gasteiger partial charge on any atom is 0.128 e. The van der Waals surface area contributed by atoms with Crippen molar-refractivity contribution in [3.05, 3.63) is 47.7 Å². The largest absolute Gasteiger partial charge is 0.493 e. The van der Waals surface area contributed by atoms with Gasteiger partial charge in [0, 0.05) is 11.8 Å². The molecular weight excluding hydrogens is 222 g/mol. The fourth-order valence-electron chi connectivity index (χ4n) is 1.92. The van der Waals surface area contributed by atoms with Crippen LogP contribution in [0.2, 0.25) is 0 Å². The Morgan fingerprint density at radius 2 is 2.00 bits per heavy atom. The molecule has 2 nitrogen and oxygen atoms in total. The van der Waals surface area contributed by atoms with E-state index < -0.39 is 0 Å². The number of hydrogen-bond acceptors (Lipinski definition) is 2. The predicted molar refractivity (Wildman–Crippen MR) is 74.9 cm³/mol. The van der Waals surface area contributed by atoms with Crippen molar-refractivity contribution in [3.63, 3.8) is 0 Å². The van der Waals surface area contributed by atoms with E-state index in [-0.39, 0.29) is 0 Å². The van der Waals surface area contributed by atoms with Crippen molar-refractivity contribution in [2.75, 3.05) is 6.61 Å². The lowest BCUT2D eigenvalue weighted by atomic mass is 10.0. The van der Waals surface area contributed by atoms with E-state index >= 15 is 0 Å². The van der Waals surface area contributed by atoms with Crippen LogP contribution in [-0.4, -0.2) is 11.6 Å². The van der Waals surface area contributed by atoms with Gasteiger partial charge in [0.2, 0.25) is 0 Å². The molecule has 0 aliphatic carbocycles. The molecule has 1 aromatic carbocycles. The van der Waals surface area contributed by atoms with E-state index in [1.54, 1.807) is 0 Å². The smallest absolute Gasteiger partial charge is 0.128 e. The summed E-state index contributed by atoms with van der Waals surface area (Å²) >= 11 is 0. The summed E-state index contributed by atoms with van der Waals surface area (Å²) in [5, 5.41) is 0. The SMILES string of the molecule is CCCOc1cc(C)ccc1-c1ncccc1C. The lowest BCUT2D eigenvalue weighted by Gasteiger charge is -2.13. The van der Waals surface area contributed by atoms with Crippen molar-refractivity contribution in [3.8, 4) is 17.0 Å². The summed E-state index contributed by atoms with van der Waals surface area (Å²) in [6.07, 6.45) is 2.83. The van der Waals surface area contributed by atoms with Crippen LogP contribution in [0.15, 0.2) is 36.5 Å². The first-order valence-electron chi connectivity index (χ1n) is 6.38. The number of aromatic nitrogens is 1. The highest BCUT2D eigenvalue weighted by Gasteiger charge is 2.09. The lowest BCUT2D eigenvalue weighted by Crippen LogP contribution is -1.99. The monoisotopic (exact) mass is 241 g/mol. The first-order chi connectivity index (χ1) is 8.72. The molecule has 0 saturated carbocycles. The number of aryl methyl sites for hydroxylation is 2. The van der Waals surface area contributed by atoms with Gasteiger partial charge in [-0.15, -0.1) is 0 Å². The number of hydrogen-bond donors (Lipinski definition) is 0. The number of nitrogens with zero attached hydrogens (tertiary/aromatic N) is 1. The Morgan fingerprint density at radius 1 is 1.17 bits per heavy atom. The van der Waals surface area contributed by atoms with Crippen molar-refractivity contribution in [1.82, 2.24) is 4.98 Å². The second-order valence-electron chi connectivity index (χ2n) is 4.52. The fraction of sp³-hybridized carbons (Fsp3) is 0.312. The van der Waals surface area contributed by atoms with Crippen molar-refractivity contribution in [1.29, 1.82) is 0 Å². The summed E-state index contributed by atoms with van der Waals surface area (Å²) in [4.78, 5) is 4.47. The Kier molecular flexibility index (Phi) is 3.98. The molecule has 18 heavy (non-hydrogen) atoms. The van der Waals surface area contributed by atoms with Crippen LogP contribution in [0.1, 0.15) is 24.5 Å². The van der Waals surface area contributed by atoms with Crippen molar-refractivity contribution in [2.45, 2.75) is 27.2 Å². The first-order valence-corrected chi connectivity index (χ1v) is 6.38. The average Bonchev–Trinajstić information content (AvgIpc) is 2.37. The van der Waals surface area contributed by atoms with E-state index in [4.69, 9.17) is 4.74 Å². The Hall–Kier alpha value is -1.83. The molecule has 0 saturated heterocycles. The van der Waals surface area contributed by atoms with Crippen LogP contribution in [0, 0.1) is 13.8 Å². The Balaban J connectivity index is 2.46. The summed E-state index contributed by atoms with van der Waals surface area (Å²) in [5.74, 6) is 0.929. The van der Waals surface area contributed by atoms with Gasteiger partial charge in [-0.25, -0.2) is 0 Å². The van der Waals surface area contributed by atoms with Gasteiger partial charge < -0.3 is 4.74 Å². The van der Waals surface area contributed by atoms with Crippen molar-refractivity contribution < 1.29 is 4.74 Å². The third-order valence-corrected chi connectivity index (χ3v) is 2.86. The van der Waals surface area contributed by atoms with Gasteiger partial charge in [0.15, 0.2) is 0 Å². The molecule has 2 rings (SSSR count). The van der Waals surface area contributed by atoms with Gasteiger partial charge in [0.05, 0.1) is 12.3 Å². The quantitative estimate of drug-likeness (QED) is 0.802. The topological polar surface area (TPSA) is 22.1 Å². The minimum Gasteiger partial charge on any atom is -0.493 e. The fourth-order valence-corrected chi connectivity index (χ4v) is 1.92. The second kappa shape index (κ2) is 5.67. The average molecular weight is 241 g/mol. The molecule has 0 aliphatic heterocycles. The van der Waals surface area contributed by atoms with Gasteiger partial charge in [-0.3, -0.25) is 4.98 Å². The maximum atomic E-state index is 5.84. The van der Waals surface area contributed by atoms with Crippen molar-refractivity contribution in [2.24, 2.45) is 0 Å². The summed E-state index contributed by atoms with van der Waals surface area (Å²) < 4.78 is 5.84. The van der Waals surface area contributed by atoms with Gasteiger partial charge in [-0.05, 0) is 49.6 Å². The van der Waals surface area contributed by atoms with Crippen LogP contribution in [0.5, 0.6) is 5.75 Å². The molecule has 0 fully saturated rings. The van der Waals surface area contributed by atoms with Gasteiger partial charge in [-0.2, -0.15) is 0 Å². The van der Waals surface area contributed by atoms with E-state index in [0.29, 0.717) is 0 Å². The molecular formula is C16H19NO. The van der Waals surface area contributed by atoms with Gasteiger partial charge in [-0.1, -0.05) is 19.1 Å². The molecule has 0 radical (unpaired) electrons. The lowest BCUT2D eigenvalue weighted by molar-refractivity contribution is 0.318. The third kappa shape index (κ3) is 2.70. The number of pyridine rings is 1. The zero-order valence-corrected chi connectivity index (χ0v) is 11.2.